The molecule has 0 saturated carbocycles. The summed E-state index contributed by atoms with van der Waals surface area (Å²) in [6.45, 7) is 0. The van der Waals surface area contributed by atoms with Crippen molar-refractivity contribution < 1.29 is 43.2 Å². The molecule has 0 aliphatic carbocycles. The summed E-state index contributed by atoms with van der Waals surface area (Å²) in [4.78, 5) is 4.46. The Morgan fingerprint density at radius 3 is 2.85 bits per heavy atom. The van der Waals surface area contributed by atoms with Crippen molar-refractivity contribution in [3.05, 3.63) is 34.8 Å². The molecule has 13 heavy (non-hydrogen) atoms. The van der Waals surface area contributed by atoms with E-state index >= 15 is 0 Å². The molecular weight excluding hydrogens is 442 g/mol. The average Bonchev–Trinajstić information content (AvgIpc) is 2.17. The van der Waals surface area contributed by atoms with E-state index in [0.717, 1.165) is 15.8 Å². The van der Waals surface area contributed by atoms with Crippen molar-refractivity contribution >= 4 is 32.7 Å². The Kier molecular flexibility index (Phi) is 3.25. The van der Waals surface area contributed by atoms with Crippen LogP contribution in [0.4, 0.5) is 5.82 Å². The van der Waals surface area contributed by atoms with E-state index in [2.05, 4.69) is 33.9 Å². The van der Waals surface area contributed by atoms with E-state index in [1.807, 2.05) is 18.2 Å². The molecule has 1 aromatic heterocycles. The van der Waals surface area contributed by atoms with Crippen molar-refractivity contribution in [1.82, 2.24) is 4.98 Å². The molecule has 0 aliphatic heterocycles. The summed E-state index contributed by atoms with van der Waals surface area (Å²) in [5.41, 5.74) is 1.05. The molecule has 4 heteroatoms. The molecule has 0 atom stereocenters. The molecule has 62 valence electrons. The van der Waals surface area contributed by atoms with Crippen LogP contribution in [0.2, 0.25) is 0 Å². The van der Waals surface area contributed by atoms with Crippen LogP contribution in [-0.4, -0.2) is 4.98 Å². The third kappa shape index (κ3) is 2.24. The second-order valence-electron chi connectivity index (χ2n) is 2.78. The molecule has 2 aromatic rings. The van der Waals surface area contributed by atoms with Gasteiger partial charge in [-0.1, -0.05) is 0 Å². The third-order valence-corrected chi connectivity index (χ3v) is 4.51. The molecule has 0 spiro atoms. The van der Waals surface area contributed by atoms with Gasteiger partial charge in [0.2, 0.25) is 0 Å². The molecular formula is C9H7BrN2Ra. The van der Waals surface area contributed by atoms with Crippen molar-refractivity contribution in [3.63, 3.8) is 0 Å². The Labute approximate surface area is 115 Å². The Bertz CT molecular complexity index is 445. The van der Waals surface area contributed by atoms with Gasteiger partial charge in [0.25, 0.3) is 0 Å². The van der Waals surface area contributed by atoms with Gasteiger partial charge in [-0.05, 0) is 0 Å². The van der Waals surface area contributed by atoms with Gasteiger partial charge in [0.15, 0.2) is 0 Å². The van der Waals surface area contributed by atoms with E-state index in [0.29, 0.717) is 43.2 Å². The van der Waals surface area contributed by atoms with E-state index in [4.69, 9.17) is 0 Å². The van der Waals surface area contributed by atoms with E-state index in [1.54, 1.807) is 0 Å². The number of aromatic nitrogens is 1. The van der Waals surface area contributed by atoms with Crippen LogP contribution in [0.1, 0.15) is 0 Å². The summed E-state index contributed by atoms with van der Waals surface area (Å²) in [5.74, 6) is 1.00. The molecule has 0 saturated heterocycles. The predicted molar refractivity (Wildman–Crippen MR) is 54.5 cm³/mol. The van der Waals surface area contributed by atoms with Crippen LogP contribution in [0, 0.1) is 43.2 Å². The molecule has 0 aliphatic rings. The minimum absolute atomic E-state index is 0.316. The van der Waals surface area contributed by atoms with Gasteiger partial charge >= 0.3 is 116 Å². The monoisotopic (exact) mass is 448 g/mol. The van der Waals surface area contributed by atoms with Crippen molar-refractivity contribution in [1.29, 1.82) is 0 Å². The van der Waals surface area contributed by atoms with Crippen LogP contribution < -0.4 is 0.848 Å². The van der Waals surface area contributed by atoms with Crippen LogP contribution in [0.25, 0.3) is 10.9 Å². The summed E-state index contributed by atoms with van der Waals surface area (Å²) in [5, 5.41) is 1.17. The zero-order valence-electron chi connectivity index (χ0n) is 7.21. The first kappa shape index (κ1) is 9.91. The number of nitrogens with one attached hydrogen (secondary N) is 1. The van der Waals surface area contributed by atoms with Crippen LogP contribution in [0.5, 0.6) is 0 Å². The Hall–Kier alpha value is 0.378. The predicted octanol–water partition coefficient (Wildman–Crippen LogP) is 2.61. The minimum atomic E-state index is 0.316. The molecule has 1 heterocycles. The summed E-state index contributed by atoms with van der Waals surface area (Å²) >= 11 is 3.75. The zero-order chi connectivity index (χ0) is 9.26. The molecule has 0 radical (unpaired) electrons. The van der Waals surface area contributed by atoms with Gasteiger partial charge in [-0.25, -0.2) is 0 Å². The van der Waals surface area contributed by atoms with Crippen LogP contribution in [0.3, 0.4) is 0 Å². The number of pyridine rings is 1. The van der Waals surface area contributed by atoms with Gasteiger partial charge in [0.1, 0.15) is 0 Å². The molecule has 0 amide bonds. The van der Waals surface area contributed by atoms with Gasteiger partial charge in [0.05, 0.1) is 0 Å². The summed E-state index contributed by atoms with van der Waals surface area (Å²) < 4.78 is 4.34. The summed E-state index contributed by atoms with van der Waals surface area (Å²) in [6, 6.07) is 10.2. The van der Waals surface area contributed by atoms with Gasteiger partial charge in [0, 0.05) is 0 Å². The zero-order valence-corrected chi connectivity index (χ0v) is 17.0. The fourth-order valence-corrected chi connectivity index (χ4v) is 2.76. The van der Waals surface area contributed by atoms with Crippen LogP contribution in [-0.2, 0) is 0 Å². The maximum atomic E-state index is 4.46. The molecule has 2 nitrogen and oxygen atoms in total. The SMILES string of the molecule is Brc1ccc2nc([NH][RaH])ccc2c1. The second kappa shape index (κ2) is 4.27. The normalized spacial score (nSPS) is 10.2. The van der Waals surface area contributed by atoms with E-state index < -0.39 is 0 Å². The van der Waals surface area contributed by atoms with Crippen molar-refractivity contribution in [3.8, 4) is 0 Å². The molecule has 0 fully saturated rings. The molecule has 0 bridgehead atoms. The number of halogens is 1. The molecule has 1 N–H and O–H groups in total. The van der Waals surface area contributed by atoms with E-state index in [1.165, 1.54) is 5.39 Å². The third-order valence-electron chi connectivity index (χ3n) is 1.91. The standard InChI is InChI=1S/C9H6BrN2.Ra.H/c10-7-2-3-8-6(5-7)1-4-9(11)12-8;;/h1-5H,(H-,11,12);;/q-1;+1;. The summed E-state index contributed by atoms with van der Waals surface area (Å²) in [7, 11) is 0. The second-order valence-corrected chi connectivity index (χ2v) is 5.75. The first-order valence-corrected chi connectivity index (χ1v) is 8.94. The average molecular weight is 449 g/mol. The maximum absolute atomic E-state index is 4.46. The fourth-order valence-electron chi connectivity index (χ4n) is 1.24. The number of fused-ring (bicyclic) bond motifs is 1. The van der Waals surface area contributed by atoms with Crippen LogP contribution in [0.15, 0.2) is 34.8 Å². The van der Waals surface area contributed by atoms with Crippen molar-refractivity contribution in [2.24, 2.45) is 0 Å². The first-order chi connectivity index (χ1) is 6.29. The Morgan fingerprint density at radius 1 is 1.23 bits per heavy atom. The first-order valence-electron chi connectivity index (χ1n) is 4.03. The molecule has 0 unspecified atom stereocenters. The number of hydrogen-bond acceptors (Lipinski definition) is 2. The number of rotatable bonds is 1. The molecule has 1 aromatic carbocycles. The van der Waals surface area contributed by atoms with Gasteiger partial charge in [-0.15, -0.1) is 0 Å². The van der Waals surface area contributed by atoms with Gasteiger partial charge in [-0.2, -0.15) is 0 Å². The van der Waals surface area contributed by atoms with E-state index in [9.17, 15) is 0 Å². The molecule has 2 rings (SSSR count). The topological polar surface area (TPSA) is 24.9 Å². The van der Waals surface area contributed by atoms with E-state index in [-0.39, 0.29) is 0 Å². The van der Waals surface area contributed by atoms with Gasteiger partial charge in [-0.3, -0.25) is 0 Å². The van der Waals surface area contributed by atoms with Gasteiger partial charge < -0.3 is 0 Å². The van der Waals surface area contributed by atoms with Crippen molar-refractivity contribution in [2.75, 3.05) is 0.848 Å². The summed E-state index contributed by atoms with van der Waals surface area (Å²) in [6.07, 6.45) is 0. The Balaban J connectivity index is 2.66. The number of anilines is 1. The number of nitrogens with zero attached hydrogens (tertiary/aromatic N) is 1. The number of hydrogen-bond donors (Lipinski definition) is 1. The number of benzene rings is 1. The van der Waals surface area contributed by atoms with Crippen LogP contribution >= 0.6 is 15.9 Å². The van der Waals surface area contributed by atoms with Crippen molar-refractivity contribution in [2.45, 2.75) is 0 Å². The quantitative estimate of drug-likeness (QED) is 0.725. The fraction of sp³-hybridized carbons (Fsp3) is 0. The Morgan fingerprint density at radius 2 is 2.08 bits per heavy atom.